The molecule has 0 radical (unpaired) electrons. The number of hydrogen-bond acceptors (Lipinski definition) is 5. The van der Waals surface area contributed by atoms with E-state index >= 15 is 0 Å². The van der Waals surface area contributed by atoms with Crippen molar-refractivity contribution in [2.45, 2.75) is 18.9 Å². The van der Waals surface area contributed by atoms with E-state index in [1.165, 1.54) is 4.57 Å². The van der Waals surface area contributed by atoms with Gasteiger partial charge in [-0.25, -0.2) is 4.79 Å². The zero-order chi connectivity index (χ0) is 20.5. The van der Waals surface area contributed by atoms with Gasteiger partial charge in [0, 0.05) is 39.6 Å². The average molecular weight is 395 g/mol. The van der Waals surface area contributed by atoms with E-state index in [1.807, 2.05) is 18.2 Å². The van der Waals surface area contributed by atoms with Gasteiger partial charge in [-0.2, -0.15) is 0 Å². The second-order valence-electron chi connectivity index (χ2n) is 7.73. The maximum absolute atomic E-state index is 12.9. The third kappa shape index (κ3) is 3.71. The Labute approximate surface area is 169 Å². The van der Waals surface area contributed by atoms with Crippen molar-refractivity contribution in [3.8, 4) is 11.8 Å². The van der Waals surface area contributed by atoms with Crippen LogP contribution in [-0.4, -0.2) is 70.5 Å². The molecular formula is C21H25N5O3. The predicted molar refractivity (Wildman–Crippen MR) is 109 cm³/mol. The fourth-order valence-corrected chi connectivity index (χ4v) is 4.02. The molecular weight excluding hydrogens is 370 g/mol. The Morgan fingerprint density at radius 2 is 1.86 bits per heavy atom. The van der Waals surface area contributed by atoms with Crippen LogP contribution in [0.5, 0.6) is 0 Å². The number of fused-ring (bicyclic) bond motifs is 1. The maximum atomic E-state index is 12.9. The highest BCUT2D eigenvalue weighted by Crippen LogP contribution is 2.24. The first kappa shape index (κ1) is 19.4. The summed E-state index contributed by atoms with van der Waals surface area (Å²) < 4.78 is 3.03. The lowest BCUT2D eigenvalue weighted by Gasteiger charge is -2.30. The van der Waals surface area contributed by atoms with Gasteiger partial charge in [0.25, 0.3) is 0 Å². The number of piperazine rings is 1. The van der Waals surface area contributed by atoms with Crippen molar-refractivity contribution in [1.29, 1.82) is 0 Å². The van der Waals surface area contributed by atoms with Crippen molar-refractivity contribution in [1.82, 2.24) is 24.3 Å². The minimum absolute atomic E-state index is 0.226. The number of nitrogens with one attached hydrogen (secondary N) is 1. The summed E-state index contributed by atoms with van der Waals surface area (Å²) in [6, 6.07) is 4.89. The smallest absolute Gasteiger partial charge is 0.304 e. The van der Waals surface area contributed by atoms with Crippen LogP contribution in [0, 0.1) is 11.8 Å². The highest BCUT2D eigenvalue weighted by Gasteiger charge is 2.31. The quantitative estimate of drug-likeness (QED) is 0.568. The first-order valence-electron chi connectivity index (χ1n) is 9.89. The summed E-state index contributed by atoms with van der Waals surface area (Å²) in [7, 11) is 3.82. The number of rotatable bonds is 2. The third-order valence-corrected chi connectivity index (χ3v) is 5.75. The number of imide groups is 1. The SMILES string of the molecule is CN1CCN(CC#Cc2cccc3c2n(C)c(=O)n3C2CCC(=O)NC2=O)CC1. The first-order chi connectivity index (χ1) is 14.0. The van der Waals surface area contributed by atoms with Crippen LogP contribution in [0.4, 0.5) is 0 Å². The number of benzene rings is 1. The van der Waals surface area contributed by atoms with E-state index in [9.17, 15) is 14.4 Å². The van der Waals surface area contributed by atoms with Gasteiger partial charge in [0.2, 0.25) is 11.8 Å². The van der Waals surface area contributed by atoms with E-state index < -0.39 is 11.9 Å². The molecule has 0 aliphatic carbocycles. The fraction of sp³-hybridized carbons (Fsp3) is 0.476. The average Bonchev–Trinajstić information content (AvgIpc) is 2.95. The highest BCUT2D eigenvalue weighted by molar-refractivity contribution is 6.00. The van der Waals surface area contributed by atoms with Crippen LogP contribution in [0.15, 0.2) is 23.0 Å². The van der Waals surface area contributed by atoms with Gasteiger partial charge in [0.1, 0.15) is 6.04 Å². The molecule has 2 aliphatic heterocycles. The Morgan fingerprint density at radius 3 is 2.59 bits per heavy atom. The fourth-order valence-electron chi connectivity index (χ4n) is 4.02. The number of nitrogens with zero attached hydrogens (tertiary/aromatic N) is 4. The van der Waals surface area contributed by atoms with Crippen molar-refractivity contribution in [2.75, 3.05) is 39.8 Å². The molecule has 3 heterocycles. The van der Waals surface area contributed by atoms with E-state index in [0.29, 0.717) is 24.0 Å². The summed E-state index contributed by atoms with van der Waals surface area (Å²) in [5.41, 5.74) is 1.87. The molecule has 152 valence electrons. The van der Waals surface area contributed by atoms with Crippen molar-refractivity contribution >= 4 is 22.8 Å². The number of carbonyl (C=O) groups excluding carboxylic acids is 2. The number of aryl methyl sites for hydroxylation is 1. The van der Waals surface area contributed by atoms with Gasteiger partial charge in [-0.05, 0) is 25.6 Å². The number of piperidine rings is 1. The first-order valence-corrected chi connectivity index (χ1v) is 9.89. The standard InChI is InChI=1S/C21H25N5O3/c1-23-11-13-25(14-12-23)10-4-6-15-5-3-7-16-19(15)24(2)21(29)26(16)17-8-9-18(27)22-20(17)28/h3,5,7,17H,8-14H2,1-2H3,(H,22,27,28). The molecule has 2 amide bonds. The maximum Gasteiger partial charge on any atom is 0.329 e. The molecule has 2 saturated heterocycles. The Bertz CT molecular complexity index is 1080. The second kappa shape index (κ2) is 7.85. The van der Waals surface area contributed by atoms with Crippen molar-refractivity contribution < 1.29 is 9.59 Å². The second-order valence-corrected chi connectivity index (χ2v) is 7.73. The third-order valence-electron chi connectivity index (χ3n) is 5.75. The predicted octanol–water partition coefficient (Wildman–Crippen LogP) is -0.0834. The minimum Gasteiger partial charge on any atom is -0.304 e. The Hall–Kier alpha value is -2.89. The highest BCUT2D eigenvalue weighted by atomic mass is 16.2. The van der Waals surface area contributed by atoms with Crippen LogP contribution < -0.4 is 11.0 Å². The number of amides is 2. The lowest BCUT2D eigenvalue weighted by Crippen LogP contribution is -2.44. The molecule has 1 atom stereocenters. The van der Waals surface area contributed by atoms with Gasteiger partial charge >= 0.3 is 5.69 Å². The largest absolute Gasteiger partial charge is 0.329 e. The molecule has 8 nitrogen and oxygen atoms in total. The molecule has 1 aromatic carbocycles. The van der Waals surface area contributed by atoms with Crippen LogP contribution in [0.1, 0.15) is 24.4 Å². The summed E-state index contributed by atoms with van der Waals surface area (Å²) in [5, 5.41) is 2.33. The van der Waals surface area contributed by atoms with E-state index in [1.54, 1.807) is 11.6 Å². The topological polar surface area (TPSA) is 79.6 Å². The zero-order valence-electron chi connectivity index (χ0n) is 16.8. The van der Waals surface area contributed by atoms with Crippen molar-refractivity contribution in [3.05, 3.63) is 34.2 Å². The van der Waals surface area contributed by atoms with E-state index in [4.69, 9.17) is 0 Å². The van der Waals surface area contributed by atoms with Gasteiger partial charge in [-0.3, -0.25) is 28.9 Å². The van der Waals surface area contributed by atoms with Crippen LogP contribution in [0.25, 0.3) is 11.0 Å². The van der Waals surface area contributed by atoms with Crippen LogP contribution >= 0.6 is 0 Å². The molecule has 2 fully saturated rings. The summed E-state index contributed by atoms with van der Waals surface area (Å²) in [6.07, 6.45) is 0.548. The lowest BCUT2D eigenvalue weighted by atomic mass is 10.1. The summed E-state index contributed by atoms with van der Waals surface area (Å²) >= 11 is 0. The molecule has 2 aliphatic rings. The molecule has 8 heteroatoms. The van der Waals surface area contributed by atoms with Crippen molar-refractivity contribution in [3.63, 3.8) is 0 Å². The molecule has 1 N–H and O–H groups in total. The number of imidazole rings is 1. The van der Waals surface area contributed by atoms with E-state index in [2.05, 4.69) is 34.0 Å². The molecule has 0 saturated carbocycles. The number of aromatic nitrogens is 2. The minimum atomic E-state index is -0.683. The number of hydrogen-bond donors (Lipinski definition) is 1. The van der Waals surface area contributed by atoms with Crippen LogP contribution in [0.2, 0.25) is 0 Å². The van der Waals surface area contributed by atoms with E-state index in [-0.39, 0.29) is 18.0 Å². The summed E-state index contributed by atoms with van der Waals surface area (Å²) in [4.78, 5) is 41.3. The molecule has 1 unspecified atom stereocenters. The van der Waals surface area contributed by atoms with Crippen LogP contribution in [-0.2, 0) is 16.6 Å². The Balaban J connectivity index is 1.66. The van der Waals surface area contributed by atoms with Gasteiger partial charge < -0.3 is 4.90 Å². The monoisotopic (exact) mass is 395 g/mol. The molecule has 0 spiro atoms. The van der Waals surface area contributed by atoms with Gasteiger partial charge in [0.05, 0.1) is 23.1 Å². The Morgan fingerprint density at radius 1 is 1.10 bits per heavy atom. The Kier molecular flexibility index (Phi) is 5.26. The van der Waals surface area contributed by atoms with Crippen molar-refractivity contribution in [2.24, 2.45) is 7.05 Å². The molecule has 4 rings (SSSR count). The number of likely N-dealkylation sites (N-methyl/N-ethyl adjacent to an activating group) is 1. The number of para-hydroxylation sites is 1. The normalized spacial score (nSPS) is 21.1. The van der Waals surface area contributed by atoms with Gasteiger partial charge in [0.15, 0.2) is 0 Å². The van der Waals surface area contributed by atoms with Crippen LogP contribution in [0.3, 0.4) is 0 Å². The van der Waals surface area contributed by atoms with Gasteiger partial charge in [-0.15, -0.1) is 0 Å². The molecule has 2 aromatic rings. The number of carbonyl (C=O) groups is 2. The van der Waals surface area contributed by atoms with Gasteiger partial charge in [-0.1, -0.05) is 17.9 Å². The zero-order valence-corrected chi connectivity index (χ0v) is 16.8. The lowest BCUT2D eigenvalue weighted by molar-refractivity contribution is -0.135. The molecule has 0 bridgehead atoms. The van der Waals surface area contributed by atoms with E-state index in [0.717, 1.165) is 31.7 Å². The molecule has 29 heavy (non-hydrogen) atoms. The summed E-state index contributed by atoms with van der Waals surface area (Å²) in [6.45, 7) is 4.77. The molecule has 1 aromatic heterocycles. The summed E-state index contributed by atoms with van der Waals surface area (Å²) in [5.74, 6) is 5.73.